The Kier molecular flexibility index (Phi) is 10.3. The second-order valence-electron chi connectivity index (χ2n) is 11.7. The fourth-order valence-electron chi connectivity index (χ4n) is 5.54. The van der Waals surface area contributed by atoms with Crippen LogP contribution in [0.2, 0.25) is 0 Å². The van der Waals surface area contributed by atoms with Gasteiger partial charge in [-0.05, 0) is 51.8 Å². The van der Waals surface area contributed by atoms with Crippen LogP contribution in [0.3, 0.4) is 0 Å². The van der Waals surface area contributed by atoms with Crippen molar-refractivity contribution in [3.8, 4) is 5.75 Å². The lowest BCUT2D eigenvalue weighted by Gasteiger charge is -2.34. The normalized spacial score (nSPS) is 20.3. The van der Waals surface area contributed by atoms with Gasteiger partial charge in [-0.15, -0.1) is 0 Å². The summed E-state index contributed by atoms with van der Waals surface area (Å²) in [6.07, 6.45) is 4.95. The van der Waals surface area contributed by atoms with E-state index in [0.29, 0.717) is 40.7 Å². The Labute approximate surface area is 247 Å². The number of nitrogens with zero attached hydrogens (tertiary/aromatic N) is 3. The number of likely N-dealkylation sites (N-methyl/N-ethyl adjacent to an activating group) is 1. The summed E-state index contributed by atoms with van der Waals surface area (Å²) < 4.78 is 11.7. The summed E-state index contributed by atoms with van der Waals surface area (Å²) in [7, 11) is 1.67. The first kappa shape index (κ1) is 31.1. The second-order valence-corrected chi connectivity index (χ2v) is 11.7. The highest BCUT2D eigenvalue weighted by atomic mass is 16.5. The Morgan fingerprint density at radius 3 is 2.60 bits per heavy atom. The number of rotatable bonds is 7. The molecule has 0 bridgehead atoms. The summed E-state index contributed by atoms with van der Waals surface area (Å²) in [5.41, 5.74) is 2.29. The first-order chi connectivity index (χ1) is 20.0. The van der Waals surface area contributed by atoms with Gasteiger partial charge in [0.1, 0.15) is 23.2 Å². The van der Waals surface area contributed by atoms with Gasteiger partial charge in [0.2, 0.25) is 5.91 Å². The van der Waals surface area contributed by atoms with Gasteiger partial charge in [0.25, 0.3) is 0 Å². The van der Waals surface area contributed by atoms with Gasteiger partial charge in [-0.3, -0.25) is 4.79 Å². The molecular formula is C30H44N6O6. The molecule has 1 aromatic carbocycles. The first-order valence-corrected chi connectivity index (χ1v) is 14.8. The van der Waals surface area contributed by atoms with Crippen LogP contribution >= 0.6 is 0 Å². The van der Waals surface area contributed by atoms with Crippen LogP contribution < -0.4 is 20.7 Å². The molecule has 1 saturated carbocycles. The van der Waals surface area contributed by atoms with E-state index in [2.05, 4.69) is 21.1 Å². The van der Waals surface area contributed by atoms with E-state index in [1.807, 2.05) is 6.92 Å². The lowest BCUT2D eigenvalue weighted by Crippen LogP contribution is -2.48. The van der Waals surface area contributed by atoms with Gasteiger partial charge < -0.3 is 40.1 Å². The molecule has 4 rings (SSSR count). The average molecular weight is 585 g/mol. The molecule has 2 aromatic rings. The molecule has 2 heterocycles. The van der Waals surface area contributed by atoms with Crippen LogP contribution in [0.5, 0.6) is 5.75 Å². The monoisotopic (exact) mass is 584 g/mol. The maximum Gasteiger partial charge on any atom is 0.321 e. The fourth-order valence-corrected chi connectivity index (χ4v) is 5.54. The van der Waals surface area contributed by atoms with Crippen molar-refractivity contribution in [1.82, 2.24) is 20.3 Å². The van der Waals surface area contributed by atoms with Crippen molar-refractivity contribution in [3.05, 3.63) is 35.2 Å². The highest BCUT2D eigenvalue weighted by Crippen LogP contribution is 2.29. The van der Waals surface area contributed by atoms with Crippen LogP contribution in [0, 0.1) is 19.8 Å². The number of benzene rings is 1. The lowest BCUT2D eigenvalue weighted by atomic mass is 9.96. The number of fused-ring (bicyclic) bond motifs is 1. The number of aromatic nitrogens is 1. The van der Waals surface area contributed by atoms with Crippen LogP contribution in [-0.4, -0.2) is 83.0 Å². The van der Waals surface area contributed by atoms with Crippen LogP contribution in [0.4, 0.5) is 21.0 Å². The van der Waals surface area contributed by atoms with Crippen LogP contribution in [0.25, 0.3) is 0 Å². The molecule has 0 unspecified atom stereocenters. The molecule has 230 valence electrons. The Morgan fingerprint density at radius 1 is 1.19 bits per heavy atom. The van der Waals surface area contributed by atoms with E-state index < -0.39 is 12.1 Å². The van der Waals surface area contributed by atoms with Crippen molar-refractivity contribution in [1.29, 1.82) is 0 Å². The van der Waals surface area contributed by atoms with Gasteiger partial charge in [-0.1, -0.05) is 31.3 Å². The molecular weight excluding hydrogens is 540 g/mol. The van der Waals surface area contributed by atoms with Gasteiger partial charge in [-0.25, -0.2) is 9.59 Å². The second kappa shape index (κ2) is 13.9. The zero-order valence-electron chi connectivity index (χ0n) is 25.2. The van der Waals surface area contributed by atoms with Crippen LogP contribution in [0.15, 0.2) is 22.7 Å². The molecule has 0 saturated heterocycles. The van der Waals surface area contributed by atoms with Gasteiger partial charge >= 0.3 is 12.1 Å². The van der Waals surface area contributed by atoms with E-state index in [1.54, 1.807) is 50.9 Å². The molecule has 1 aliphatic carbocycles. The summed E-state index contributed by atoms with van der Waals surface area (Å²) in [6.45, 7) is 7.64. The maximum atomic E-state index is 13.5. The lowest BCUT2D eigenvalue weighted by molar-refractivity contribution is -0.134. The molecule has 5 amide bonds. The molecule has 12 heteroatoms. The quantitative estimate of drug-likeness (QED) is 0.383. The number of hydrogen-bond donors (Lipinski definition) is 4. The smallest absolute Gasteiger partial charge is 0.321 e. The predicted molar refractivity (Wildman–Crippen MR) is 159 cm³/mol. The largest absolute Gasteiger partial charge is 0.488 e. The number of aliphatic hydroxyl groups excluding tert-OH is 1. The molecule has 0 spiro atoms. The minimum atomic E-state index is -0.475. The minimum absolute atomic E-state index is 0.0429. The van der Waals surface area contributed by atoms with Crippen molar-refractivity contribution >= 4 is 29.3 Å². The third kappa shape index (κ3) is 7.72. The maximum absolute atomic E-state index is 13.5. The van der Waals surface area contributed by atoms with E-state index >= 15 is 0 Å². The summed E-state index contributed by atoms with van der Waals surface area (Å²) in [6, 6.07) is 4.42. The van der Waals surface area contributed by atoms with E-state index in [4.69, 9.17) is 9.26 Å². The molecule has 1 aliphatic heterocycles. The fraction of sp³-hybridized carbons (Fsp3) is 0.600. The van der Waals surface area contributed by atoms with Crippen molar-refractivity contribution in [2.45, 2.75) is 84.4 Å². The Morgan fingerprint density at radius 2 is 1.93 bits per heavy atom. The number of nitrogens with one attached hydrogen (secondary N) is 3. The third-order valence-corrected chi connectivity index (χ3v) is 8.18. The van der Waals surface area contributed by atoms with Crippen molar-refractivity contribution in [2.75, 3.05) is 37.4 Å². The van der Waals surface area contributed by atoms with Crippen molar-refractivity contribution in [3.63, 3.8) is 0 Å². The Balaban J connectivity index is 1.54. The number of carbonyl (C=O) groups is 3. The van der Waals surface area contributed by atoms with E-state index in [9.17, 15) is 19.5 Å². The number of amides is 5. The number of aryl methyl sites for hydroxylation is 2. The number of urea groups is 2. The standard InChI is InChI=1S/C30H44N6O6/c1-18-15-36(19(2)17-37)27(38)14-22-13-24(32-29(39)31-23-9-7-6-8-10-23)11-12-25(22)41-26(18)16-35(5)30(40)33-28-20(3)34-42-21(28)4/h11-13,18-19,23,26,37H,6-10,14-17H2,1-5H3,(H,33,40)(H2,31,32,39)/t18-,19-,26-/m0/s1. The average Bonchev–Trinajstić information content (AvgIpc) is 3.29. The minimum Gasteiger partial charge on any atom is -0.488 e. The molecule has 1 fully saturated rings. The number of aliphatic hydroxyl groups is 1. The molecule has 1 aromatic heterocycles. The van der Waals surface area contributed by atoms with Crippen LogP contribution in [-0.2, 0) is 11.2 Å². The Hall–Kier alpha value is -3.80. The number of anilines is 2. The number of hydrogen-bond acceptors (Lipinski definition) is 7. The highest BCUT2D eigenvalue weighted by molar-refractivity contribution is 5.91. The van der Waals surface area contributed by atoms with E-state index in [1.165, 1.54) is 11.3 Å². The first-order valence-electron chi connectivity index (χ1n) is 14.8. The SMILES string of the molecule is Cc1noc(C)c1NC(=O)N(C)C[C@@H]1Oc2ccc(NC(=O)NC3CCCCC3)cc2CC(=O)N([C@@H](C)CO)C[C@@H]1C. The highest BCUT2D eigenvalue weighted by Gasteiger charge is 2.32. The molecule has 4 N–H and O–H groups in total. The van der Waals surface area contributed by atoms with E-state index in [0.717, 1.165) is 25.7 Å². The van der Waals surface area contributed by atoms with Crippen molar-refractivity contribution in [2.24, 2.45) is 5.92 Å². The van der Waals surface area contributed by atoms with Gasteiger partial charge in [0.05, 0.1) is 25.6 Å². The van der Waals surface area contributed by atoms with Crippen LogP contribution in [0.1, 0.15) is 63.0 Å². The molecule has 12 nitrogen and oxygen atoms in total. The summed E-state index contributed by atoms with van der Waals surface area (Å²) in [5.74, 6) is 0.695. The molecule has 2 aliphatic rings. The third-order valence-electron chi connectivity index (χ3n) is 8.18. The van der Waals surface area contributed by atoms with Crippen molar-refractivity contribution < 1.29 is 28.8 Å². The number of carbonyl (C=O) groups excluding carboxylic acids is 3. The summed E-state index contributed by atoms with van der Waals surface area (Å²) >= 11 is 0. The molecule has 42 heavy (non-hydrogen) atoms. The number of ether oxygens (including phenoxy) is 1. The van der Waals surface area contributed by atoms with E-state index in [-0.39, 0.29) is 49.5 Å². The zero-order valence-corrected chi connectivity index (χ0v) is 25.2. The molecule has 0 radical (unpaired) electrons. The van der Waals surface area contributed by atoms with Gasteiger partial charge in [0, 0.05) is 36.8 Å². The topological polar surface area (TPSA) is 149 Å². The van der Waals surface area contributed by atoms with Gasteiger partial charge in [-0.2, -0.15) is 0 Å². The molecule has 3 atom stereocenters. The van der Waals surface area contributed by atoms with Gasteiger partial charge in [0.15, 0.2) is 5.76 Å². The Bertz CT molecular complexity index is 1240. The zero-order chi connectivity index (χ0) is 30.4. The predicted octanol–water partition coefficient (Wildman–Crippen LogP) is 4.06. The summed E-state index contributed by atoms with van der Waals surface area (Å²) in [4.78, 5) is 42.4. The summed E-state index contributed by atoms with van der Waals surface area (Å²) in [5, 5.41) is 22.6.